The highest BCUT2D eigenvalue weighted by atomic mass is 19.1. The summed E-state index contributed by atoms with van der Waals surface area (Å²) in [5.41, 5.74) is 4.41. The van der Waals surface area contributed by atoms with Gasteiger partial charge in [0.15, 0.2) is 5.76 Å². The zero-order valence-corrected chi connectivity index (χ0v) is 22.6. The van der Waals surface area contributed by atoms with E-state index in [0.29, 0.717) is 25.7 Å². The quantitative estimate of drug-likeness (QED) is 0.234. The zero-order valence-electron chi connectivity index (χ0n) is 22.6. The Morgan fingerprint density at radius 1 is 1.00 bits per heavy atom. The van der Waals surface area contributed by atoms with E-state index in [4.69, 9.17) is 9.26 Å². The predicted molar refractivity (Wildman–Crippen MR) is 149 cm³/mol. The Morgan fingerprint density at radius 2 is 1.67 bits per heavy atom. The number of rotatable bonds is 9. The van der Waals surface area contributed by atoms with Gasteiger partial charge in [0, 0.05) is 31.8 Å². The number of benzene rings is 3. The summed E-state index contributed by atoms with van der Waals surface area (Å²) in [6, 6.07) is 26.6. The van der Waals surface area contributed by atoms with Crippen molar-refractivity contribution >= 4 is 5.91 Å². The van der Waals surface area contributed by atoms with Gasteiger partial charge in [0.25, 0.3) is 0 Å². The lowest BCUT2D eigenvalue weighted by Gasteiger charge is -2.41. The first kappa shape index (κ1) is 26.8. The highest BCUT2D eigenvalue weighted by Gasteiger charge is 2.44. The van der Waals surface area contributed by atoms with Crippen LogP contribution in [0.1, 0.15) is 48.1 Å². The number of ether oxygens (including phenoxy) is 1. The normalized spacial score (nSPS) is 19.1. The molecule has 0 N–H and O–H groups in total. The van der Waals surface area contributed by atoms with Gasteiger partial charge in [-0.1, -0.05) is 71.9 Å². The van der Waals surface area contributed by atoms with Crippen LogP contribution in [0, 0.1) is 18.7 Å². The van der Waals surface area contributed by atoms with Crippen LogP contribution in [0.4, 0.5) is 4.39 Å². The second-order valence-corrected chi connectivity index (χ2v) is 10.7. The van der Waals surface area contributed by atoms with Crippen LogP contribution >= 0.6 is 0 Å². The zero-order chi connectivity index (χ0) is 27.2. The first-order valence-corrected chi connectivity index (χ1v) is 13.6. The predicted octanol–water partition coefficient (Wildman–Crippen LogP) is 7.09. The van der Waals surface area contributed by atoms with Crippen molar-refractivity contribution in [3.63, 3.8) is 0 Å². The maximum absolute atomic E-state index is 13.9. The van der Waals surface area contributed by atoms with Crippen LogP contribution in [-0.2, 0) is 28.1 Å². The van der Waals surface area contributed by atoms with E-state index in [2.05, 4.69) is 29.4 Å². The summed E-state index contributed by atoms with van der Waals surface area (Å²) in [6.07, 6.45) is 3.41. The lowest BCUT2D eigenvalue weighted by atomic mass is 9.66. The third-order valence-electron chi connectivity index (χ3n) is 7.86. The number of aryl methyl sites for hydroxylation is 1. The Hall–Kier alpha value is -3.77. The van der Waals surface area contributed by atoms with Crippen LogP contribution in [0.5, 0.6) is 0 Å². The van der Waals surface area contributed by atoms with E-state index >= 15 is 0 Å². The van der Waals surface area contributed by atoms with E-state index < -0.39 is 5.41 Å². The molecule has 0 spiro atoms. The fraction of sp³-hybridized carbons (Fsp3) is 0.333. The van der Waals surface area contributed by atoms with Crippen LogP contribution < -0.4 is 0 Å². The van der Waals surface area contributed by atoms with Crippen LogP contribution in [0.15, 0.2) is 89.5 Å². The minimum absolute atomic E-state index is 0.124. The van der Waals surface area contributed by atoms with E-state index in [1.165, 1.54) is 12.1 Å². The number of carbonyl (C=O) groups excluding carboxylic acids is 1. The molecule has 1 amide bonds. The molecule has 3 aromatic carbocycles. The molecule has 1 saturated carbocycles. The van der Waals surface area contributed by atoms with Gasteiger partial charge >= 0.3 is 0 Å². The molecular weight excluding hydrogens is 491 g/mol. The van der Waals surface area contributed by atoms with Crippen molar-refractivity contribution in [1.82, 2.24) is 10.1 Å². The number of aromatic nitrogens is 1. The molecule has 0 unspecified atom stereocenters. The summed E-state index contributed by atoms with van der Waals surface area (Å²) in [4.78, 5) is 15.7. The third-order valence-corrected chi connectivity index (χ3v) is 7.86. The molecule has 1 aliphatic rings. The van der Waals surface area contributed by atoms with Gasteiger partial charge in [-0.3, -0.25) is 4.79 Å². The van der Waals surface area contributed by atoms with Crippen molar-refractivity contribution in [1.29, 1.82) is 0 Å². The Morgan fingerprint density at radius 3 is 2.31 bits per heavy atom. The van der Waals surface area contributed by atoms with E-state index in [1.54, 1.807) is 17.0 Å². The molecule has 6 heteroatoms. The molecular formula is C33H35FN2O3. The maximum Gasteiger partial charge on any atom is 0.233 e. The Bertz CT molecular complexity index is 1360. The lowest BCUT2D eigenvalue weighted by molar-refractivity contribution is -0.138. The van der Waals surface area contributed by atoms with Gasteiger partial charge in [0.05, 0.1) is 17.7 Å². The van der Waals surface area contributed by atoms with Crippen molar-refractivity contribution in [3.05, 3.63) is 113 Å². The second-order valence-electron chi connectivity index (χ2n) is 10.7. The Kier molecular flexibility index (Phi) is 8.22. The molecule has 5 rings (SSSR count). The highest BCUT2D eigenvalue weighted by molar-refractivity contribution is 5.88. The standard InChI is InChI=1S/C33H35FN2O3/c1-24-20-31(39-35-24)28-12-8-26(9-13-28)22-38-23-27-16-18-33(19-17-27,29-6-4-3-5-7-29)32(37)36(2)21-25-10-14-30(34)15-11-25/h3-15,20,27H,16-19,21-23H2,1-2H3. The summed E-state index contributed by atoms with van der Waals surface area (Å²) < 4.78 is 24.8. The molecule has 4 aromatic rings. The van der Waals surface area contributed by atoms with Crippen molar-refractivity contribution in [3.8, 4) is 11.3 Å². The van der Waals surface area contributed by atoms with Crippen molar-refractivity contribution in [2.45, 2.75) is 51.2 Å². The van der Waals surface area contributed by atoms with Crippen LogP contribution in [0.3, 0.4) is 0 Å². The summed E-state index contributed by atoms with van der Waals surface area (Å²) >= 11 is 0. The van der Waals surface area contributed by atoms with Gasteiger partial charge in [0.1, 0.15) is 5.82 Å². The summed E-state index contributed by atoms with van der Waals surface area (Å²) in [6.45, 7) is 3.59. The molecule has 0 atom stereocenters. The average Bonchev–Trinajstić information content (AvgIpc) is 3.41. The largest absolute Gasteiger partial charge is 0.376 e. The first-order valence-electron chi connectivity index (χ1n) is 13.6. The van der Waals surface area contributed by atoms with Crippen LogP contribution in [0.25, 0.3) is 11.3 Å². The average molecular weight is 527 g/mol. The molecule has 39 heavy (non-hydrogen) atoms. The number of amides is 1. The number of nitrogens with zero attached hydrogens (tertiary/aromatic N) is 2. The van der Waals surface area contributed by atoms with Gasteiger partial charge in [-0.15, -0.1) is 0 Å². The molecule has 0 aliphatic heterocycles. The fourth-order valence-corrected chi connectivity index (χ4v) is 5.63. The second kappa shape index (κ2) is 12.0. The summed E-state index contributed by atoms with van der Waals surface area (Å²) in [5.74, 6) is 1.03. The van der Waals surface area contributed by atoms with E-state index in [9.17, 15) is 9.18 Å². The number of hydrogen-bond acceptors (Lipinski definition) is 4. The molecule has 1 fully saturated rings. The number of hydrogen-bond donors (Lipinski definition) is 0. The number of carbonyl (C=O) groups is 1. The fourth-order valence-electron chi connectivity index (χ4n) is 5.63. The van der Waals surface area contributed by atoms with Crippen molar-refractivity contribution in [2.75, 3.05) is 13.7 Å². The Balaban J connectivity index is 1.18. The van der Waals surface area contributed by atoms with E-state index in [0.717, 1.165) is 59.4 Å². The highest BCUT2D eigenvalue weighted by Crippen LogP contribution is 2.43. The molecule has 1 heterocycles. The van der Waals surface area contributed by atoms with Gasteiger partial charge in [-0.05, 0) is 67.3 Å². The SMILES string of the molecule is Cc1cc(-c2ccc(COCC3CCC(C(=O)N(C)Cc4ccc(F)cc4)(c4ccccc4)CC3)cc2)on1. The van der Waals surface area contributed by atoms with Gasteiger partial charge < -0.3 is 14.2 Å². The monoisotopic (exact) mass is 526 g/mol. The van der Waals surface area contributed by atoms with Crippen molar-refractivity contribution < 1.29 is 18.4 Å². The number of halogens is 1. The van der Waals surface area contributed by atoms with Gasteiger partial charge in [-0.25, -0.2) is 4.39 Å². The summed E-state index contributed by atoms with van der Waals surface area (Å²) in [7, 11) is 1.85. The molecule has 0 radical (unpaired) electrons. The van der Waals surface area contributed by atoms with Crippen LogP contribution in [0.2, 0.25) is 0 Å². The van der Waals surface area contributed by atoms with Crippen molar-refractivity contribution in [2.24, 2.45) is 5.92 Å². The maximum atomic E-state index is 13.9. The molecule has 1 aromatic heterocycles. The number of likely N-dealkylation sites (N-methyl/N-ethyl adjacent to an activating group) is 1. The molecule has 0 saturated heterocycles. The van der Waals surface area contributed by atoms with E-state index in [-0.39, 0.29) is 11.7 Å². The molecule has 5 nitrogen and oxygen atoms in total. The third kappa shape index (κ3) is 6.28. The minimum atomic E-state index is -0.554. The molecule has 1 aliphatic carbocycles. The molecule has 202 valence electrons. The van der Waals surface area contributed by atoms with Gasteiger partial charge in [0.2, 0.25) is 5.91 Å². The lowest BCUT2D eigenvalue weighted by Crippen LogP contribution is -2.47. The first-order chi connectivity index (χ1) is 18.9. The minimum Gasteiger partial charge on any atom is -0.376 e. The summed E-state index contributed by atoms with van der Waals surface area (Å²) in [5, 5.41) is 3.95. The molecule has 0 bridgehead atoms. The van der Waals surface area contributed by atoms with Crippen LogP contribution in [-0.4, -0.2) is 29.6 Å². The Labute approximate surface area is 229 Å². The van der Waals surface area contributed by atoms with Gasteiger partial charge in [-0.2, -0.15) is 0 Å². The van der Waals surface area contributed by atoms with E-state index in [1.807, 2.05) is 50.4 Å². The topological polar surface area (TPSA) is 55.6 Å². The smallest absolute Gasteiger partial charge is 0.233 e.